The molecular weight excluding hydrogens is 336 g/mol. The maximum absolute atomic E-state index is 12.6. The summed E-state index contributed by atoms with van der Waals surface area (Å²) in [6, 6.07) is 11.1. The van der Waals surface area contributed by atoms with Crippen LogP contribution in [0, 0.1) is 13.8 Å². The van der Waals surface area contributed by atoms with Crippen molar-refractivity contribution in [2.24, 2.45) is 0 Å². The van der Waals surface area contributed by atoms with Crippen LogP contribution in [0.3, 0.4) is 0 Å². The topological polar surface area (TPSA) is 105 Å². The summed E-state index contributed by atoms with van der Waals surface area (Å²) in [5.74, 6) is 0. The second-order valence-electron chi connectivity index (χ2n) is 4.93. The smallest absolute Gasteiger partial charge is 0.359 e. The Bertz CT molecular complexity index is 1000. The van der Waals surface area contributed by atoms with Crippen LogP contribution in [-0.2, 0) is 19.7 Å². The lowest BCUT2D eigenvalue weighted by molar-refractivity contribution is 0.00380. The fraction of sp³-hybridized carbons (Fsp3) is 0.133. The molecule has 0 aliphatic heterocycles. The summed E-state index contributed by atoms with van der Waals surface area (Å²) < 4.78 is 48.8. The Kier molecular flexibility index (Phi) is 4.51. The molecule has 6 nitrogen and oxygen atoms in total. The number of hydrogen-bond donors (Lipinski definition) is 0. The highest BCUT2D eigenvalue weighted by molar-refractivity contribution is 8.31. The van der Waals surface area contributed by atoms with Crippen LogP contribution < -0.4 is 0 Å². The third-order valence-electron chi connectivity index (χ3n) is 3.38. The molecule has 0 N–H and O–H groups in total. The molecule has 0 heterocycles. The summed E-state index contributed by atoms with van der Waals surface area (Å²) in [6.45, 7) is 3.50. The van der Waals surface area contributed by atoms with Gasteiger partial charge in [0.25, 0.3) is 19.7 Å². The van der Waals surface area contributed by atoms with Gasteiger partial charge in [0.2, 0.25) is 0 Å². The highest BCUT2D eigenvalue weighted by Gasteiger charge is 2.43. The second kappa shape index (κ2) is 6.08. The van der Waals surface area contributed by atoms with Crippen LogP contribution in [0.1, 0.15) is 11.1 Å². The molecule has 2 aromatic carbocycles. The van der Waals surface area contributed by atoms with Gasteiger partial charge in [-0.2, -0.15) is 0 Å². The van der Waals surface area contributed by atoms with E-state index < -0.39 is 24.1 Å². The number of rotatable bonds is 2. The standard InChI is InChI=1S/C15H14N2O4S2/c1-11-8-9-14(10-12(11)2)23(20,21)15(17-16)22(18,19)13-6-4-3-5-7-13/h3-10H,1-2H3. The summed E-state index contributed by atoms with van der Waals surface area (Å²) >= 11 is 0. The average Bonchev–Trinajstić information content (AvgIpc) is 2.51. The molecule has 0 aliphatic carbocycles. The quantitative estimate of drug-likeness (QED) is 0.358. The summed E-state index contributed by atoms with van der Waals surface area (Å²) in [5.41, 5.74) is 10.6. The predicted octanol–water partition coefficient (Wildman–Crippen LogP) is 2.14. The molecule has 0 saturated carbocycles. The van der Waals surface area contributed by atoms with Crippen molar-refractivity contribution in [3.63, 3.8) is 0 Å². The minimum atomic E-state index is -4.48. The lowest BCUT2D eigenvalue weighted by Gasteiger charge is -2.05. The highest BCUT2D eigenvalue weighted by Crippen LogP contribution is 2.22. The fourth-order valence-electron chi connectivity index (χ4n) is 1.93. The van der Waals surface area contributed by atoms with Gasteiger partial charge in [-0.3, -0.25) is 0 Å². The van der Waals surface area contributed by atoms with Crippen LogP contribution in [0.2, 0.25) is 0 Å². The van der Waals surface area contributed by atoms with Crippen molar-refractivity contribution in [2.45, 2.75) is 23.6 Å². The molecule has 2 rings (SSSR count). The van der Waals surface area contributed by atoms with Crippen LogP contribution >= 0.6 is 0 Å². The van der Waals surface area contributed by atoms with E-state index in [1.807, 2.05) is 0 Å². The Hall–Kier alpha value is -2.28. The zero-order valence-electron chi connectivity index (χ0n) is 12.5. The molecule has 0 saturated heterocycles. The molecule has 0 radical (unpaired) electrons. The number of nitrogens with zero attached hydrogens (tertiary/aromatic N) is 2. The van der Waals surface area contributed by atoms with Crippen molar-refractivity contribution < 1.29 is 21.6 Å². The van der Waals surface area contributed by atoms with Crippen molar-refractivity contribution in [1.29, 1.82) is 0 Å². The van der Waals surface area contributed by atoms with Gasteiger partial charge in [-0.1, -0.05) is 24.3 Å². The van der Waals surface area contributed by atoms with E-state index in [9.17, 15) is 16.8 Å². The first kappa shape index (κ1) is 17.1. The van der Waals surface area contributed by atoms with Gasteiger partial charge in [-0.05, 0) is 49.2 Å². The van der Waals surface area contributed by atoms with Crippen molar-refractivity contribution >= 4 is 24.1 Å². The van der Waals surface area contributed by atoms with E-state index in [-0.39, 0.29) is 9.79 Å². The Labute approximate surface area is 134 Å². The first-order valence-corrected chi connectivity index (χ1v) is 9.52. The minimum Gasteiger partial charge on any atom is -0.359 e. The van der Waals surface area contributed by atoms with Gasteiger partial charge >= 0.3 is 4.38 Å². The maximum atomic E-state index is 12.6. The molecule has 0 bridgehead atoms. The number of hydrogen-bond acceptors (Lipinski definition) is 4. The first-order chi connectivity index (χ1) is 10.7. The van der Waals surface area contributed by atoms with Gasteiger partial charge in [-0.15, -0.1) is 4.79 Å². The third-order valence-corrected chi connectivity index (χ3v) is 7.55. The predicted molar refractivity (Wildman–Crippen MR) is 85.4 cm³/mol. The lowest BCUT2D eigenvalue weighted by Crippen LogP contribution is -2.26. The minimum absolute atomic E-state index is 0.243. The highest BCUT2D eigenvalue weighted by atomic mass is 32.3. The monoisotopic (exact) mass is 350 g/mol. The van der Waals surface area contributed by atoms with Gasteiger partial charge in [0.15, 0.2) is 0 Å². The van der Waals surface area contributed by atoms with Crippen LogP contribution in [0.25, 0.3) is 5.53 Å². The molecule has 0 aliphatic rings. The Morgan fingerprint density at radius 1 is 0.826 bits per heavy atom. The van der Waals surface area contributed by atoms with E-state index in [1.54, 1.807) is 26.0 Å². The van der Waals surface area contributed by atoms with Gasteiger partial charge < -0.3 is 5.53 Å². The van der Waals surface area contributed by atoms with Crippen molar-refractivity contribution in [3.8, 4) is 0 Å². The summed E-state index contributed by atoms with van der Waals surface area (Å²) in [5, 5.41) is 0. The summed E-state index contributed by atoms with van der Waals surface area (Å²) in [7, 11) is -8.95. The van der Waals surface area contributed by atoms with Gasteiger partial charge in [0.1, 0.15) is 0 Å². The summed E-state index contributed by atoms with van der Waals surface area (Å²) in [6.07, 6.45) is 0. The SMILES string of the molecule is Cc1ccc(S(=O)(=O)C(=[N+]=[N-])S(=O)(=O)c2ccccc2)cc1C. The molecule has 120 valence electrons. The number of benzene rings is 2. The average molecular weight is 350 g/mol. The Balaban J connectivity index is 2.66. The zero-order chi connectivity index (χ0) is 17.3. The van der Waals surface area contributed by atoms with Crippen LogP contribution in [-0.4, -0.2) is 26.0 Å². The molecule has 0 fully saturated rings. The van der Waals surface area contributed by atoms with E-state index in [4.69, 9.17) is 5.53 Å². The van der Waals surface area contributed by atoms with Gasteiger partial charge in [0, 0.05) is 0 Å². The van der Waals surface area contributed by atoms with E-state index in [0.717, 1.165) is 5.56 Å². The maximum Gasteiger partial charge on any atom is 0.504 e. The lowest BCUT2D eigenvalue weighted by atomic mass is 10.1. The van der Waals surface area contributed by atoms with E-state index >= 15 is 0 Å². The van der Waals surface area contributed by atoms with Crippen LogP contribution in [0.4, 0.5) is 0 Å². The molecule has 0 aromatic heterocycles. The van der Waals surface area contributed by atoms with Gasteiger partial charge in [0.05, 0.1) is 9.79 Å². The van der Waals surface area contributed by atoms with Crippen molar-refractivity contribution in [1.82, 2.24) is 0 Å². The summed E-state index contributed by atoms with van der Waals surface area (Å²) in [4.78, 5) is 2.07. The Morgan fingerprint density at radius 3 is 1.91 bits per heavy atom. The number of aryl methyl sites for hydroxylation is 2. The molecule has 0 atom stereocenters. The van der Waals surface area contributed by atoms with E-state index in [0.29, 0.717) is 5.56 Å². The number of sulfone groups is 2. The van der Waals surface area contributed by atoms with Crippen molar-refractivity contribution in [3.05, 3.63) is 65.2 Å². The molecule has 2 aromatic rings. The second-order valence-corrected chi connectivity index (χ2v) is 8.92. The third kappa shape index (κ3) is 3.10. The van der Waals surface area contributed by atoms with Crippen molar-refractivity contribution in [2.75, 3.05) is 0 Å². The van der Waals surface area contributed by atoms with E-state index in [2.05, 4.69) is 4.79 Å². The van der Waals surface area contributed by atoms with Crippen LogP contribution in [0.15, 0.2) is 58.3 Å². The normalized spacial score (nSPS) is 11.7. The molecular formula is C15H14N2O4S2. The molecule has 0 amide bonds. The van der Waals surface area contributed by atoms with E-state index in [1.165, 1.54) is 36.4 Å². The fourth-order valence-corrected chi connectivity index (χ4v) is 5.38. The first-order valence-electron chi connectivity index (χ1n) is 6.56. The molecule has 23 heavy (non-hydrogen) atoms. The largest absolute Gasteiger partial charge is 0.504 e. The molecule has 8 heteroatoms. The molecule has 0 unspecified atom stereocenters. The Morgan fingerprint density at radius 2 is 1.39 bits per heavy atom. The van der Waals surface area contributed by atoms with Gasteiger partial charge in [-0.25, -0.2) is 16.8 Å². The van der Waals surface area contributed by atoms with Crippen LogP contribution in [0.5, 0.6) is 0 Å². The molecule has 0 spiro atoms. The zero-order valence-corrected chi connectivity index (χ0v) is 14.1.